The highest BCUT2D eigenvalue weighted by Crippen LogP contribution is 2.50. The lowest BCUT2D eigenvalue weighted by molar-refractivity contribution is -0.124. The molecule has 1 aliphatic carbocycles. The Morgan fingerprint density at radius 3 is 2.70 bits per heavy atom. The van der Waals surface area contributed by atoms with Crippen molar-refractivity contribution in [2.24, 2.45) is 13.0 Å². The predicted molar refractivity (Wildman–Crippen MR) is 81.7 cm³/mol. The zero-order chi connectivity index (χ0) is 14.3. The maximum Gasteiger partial charge on any atom is 0.222 e. The van der Waals surface area contributed by atoms with Crippen molar-refractivity contribution in [2.45, 2.75) is 32.1 Å². The number of para-hydroxylation sites is 1. The molecule has 3 heteroatoms. The number of hydrogen-bond donors (Lipinski definition) is 1. The molecule has 0 saturated heterocycles. The Bertz CT molecular complexity index is 650. The summed E-state index contributed by atoms with van der Waals surface area (Å²) >= 11 is 0. The van der Waals surface area contributed by atoms with E-state index in [2.05, 4.69) is 47.4 Å². The van der Waals surface area contributed by atoms with E-state index in [4.69, 9.17) is 0 Å². The molecule has 1 fully saturated rings. The second-order valence-corrected chi connectivity index (χ2v) is 6.32. The van der Waals surface area contributed by atoms with Gasteiger partial charge in [-0.25, -0.2) is 0 Å². The Labute approximate surface area is 120 Å². The van der Waals surface area contributed by atoms with Crippen LogP contribution < -0.4 is 5.32 Å². The van der Waals surface area contributed by atoms with Crippen LogP contribution in [0.5, 0.6) is 0 Å². The zero-order valence-corrected chi connectivity index (χ0v) is 12.4. The number of amides is 1. The first-order valence-corrected chi connectivity index (χ1v) is 7.36. The third-order valence-corrected chi connectivity index (χ3v) is 4.45. The summed E-state index contributed by atoms with van der Waals surface area (Å²) in [6.07, 6.45) is 4.57. The molecule has 20 heavy (non-hydrogen) atoms. The molecule has 3 nitrogen and oxygen atoms in total. The van der Waals surface area contributed by atoms with Crippen molar-refractivity contribution >= 4 is 16.8 Å². The molecule has 0 aliphatic heterocycles. The van der Waals surface area contributed by atoms with Gasteiger partial charge in [-0.3, -0.25) is 4.79 Å². The predicted octanol–water partition coefficient (Wildman–Crippen LogP) is 2.98. The van der Waals surface area contributed by atoms with Crippen LogP contribution in [0.4, 0.5) is 0 Å². The van der Waals surface area contributed by atoms with Crippen LogP contribution in [0.2, 0.25) is 0 Å². The summed E-state index contributed by atoms with van der Waals surface area (Å²) in [4.78, 5) is 11.8. The number of aryl methyl sites for hydroxylation is 1. The fourth-order valence-corrected chi connectivity index (χ4v) is 2.92. The van der Waals surface area contributed by atoms with Gasteiger partial charge < -0.3 is 9.88 Å². The molecular formula is C17H22N2O. The summed E-state index contributed by atoms with van der Waals surface area (Å²) in [6, 6.07) is 8.51. The van der Waals surface area contributed by atoms with Crippen LogP contribution in [0, 0.1) is 5.92 Å². The maximum absolute atomic E-state index is 11.8. The molecule has 1 aromatic heterocycles. The Kier molecular flexibility index (Phi) is 3.08. The number of aromatic nitrogens is 1. The average molecular weight is 270 g/mol. The van der Waals surface area contributed by atoms with Crippen molar-refractivity contribution in [2.75, 3.05) is 6.54 Å². The molecule has 1 amide bonds. The highest BCUT2D eigenvalue weighted by Gasteiger charge is 2.46. The minimum absolute atomic E-state index is 0.0540. The minimum Gasteiger partial charge on any atom is -0.355 e. The van der Waals surface area contributed by atoms with E-state index in [0.717, 1.165) is 6.54 Å². The summed E-state index contributed by atoms with van der Waals surface area (Å²) in [5, 5.41) is 4.43. The second-order valence-electron chi connectivity index (χ2n) is 6.32. The smallest absolute Gasteiger partial charge is 0.222 e. The molecule has 1 N–H and O–H groups in total. The molecule has 3 rings (SSSR count). The van der Waals surface area contributed by atoms with Gasteiger partial charge in [0.1, 0.15) is 0 Å². The van der Waals surface area contributed by atoms with Gasteiger partial charge in [-0.05, 0) is 24.5 Å². The van der Waals surface area contributed by atoms with E-state index >= 15 is 0 Å². The maximum atomic E-state index is 11.8. The topological polar surface area (TPSA) is 34.0 Å². The summed E-state index contributed by atoms with van der Waals surface area (Å²) in [6.45, 7) is 4.64. The van der Waals surface area contributed by atoms with Crippen molar-refractivity contribution in [3.05, 3.63) is 36.0 Å². The van der Waals surface area contributed by atoms with Gasteiger partial charge in [0, 0.05) is 42.0 Å². The number of nitrogens with one attached hydrogen (secondary N) is 1. The van der Waals surface area contributed by atoms with Gasteiger partial charge in [0.25, 0.3) is 0 Å². The number of fused-ring (bicyclic) bond motifs is 1. The van der Waals surface area contributed by atoms with E-state index in [9.17, 15) is 4.79 Å². The molecule has 1 aliphatic rings. The second kappa shape index (κ2) is 4.65. The van der Waals surface area contributed by atoms with Crippen molar-refractivity contribution in [3.8, 4) is 0 Å². The largest absolute Gasteiger partial charge is 0.355 e. The standard InChI is InChI=1S/C17H22N2O/c1-12(2)16(20)18-11-17(8-9-17)14-10-19(3)15-7-5-4-6-13(14)15/h4-7,10,12H,8-9,11H2,1-3H3,(H,18,20). The lowest BCUT2D eigenvalue weighted by Crippen LogP contribution is -2.34. The van der Waals surface area contributed by atoms with Gasteiger partial charge in [-0.2, -0.15) is 0 Å². The van der Waals surface area contributed by atoms with Crippen molar-refractivity contribution < 1.29 is 4.79 Å². The third-order valence-electron chi connectivity index (χ3n) is 4.45. The SMILES string of the molecule is CC(C)C(=O)NCC1(c2cn(C)c3ccccc23)CC1. The van der Waals surface area contributed by atoms with Crippen LogP contribution in [-0.2, 0) is 17.3 Å². The van der Waals surface area contributed by atoms with Gasteiger partial charge in [0.2, 0.25) is 5.91 Å². The normalized spacial score (nSPS) is 16.6. The molecule has 1 heterocycles. The molecule has 0 atom stereocenters. The van der Waals surface area contributed by atoms with E-state index in [1.165, 1.54) is 29.3 Å². The number of carbonyl (C=O) groups excluding carboxylic acids is 1. The van der Waals surface area contributed by atoms with Crippen LogP contribution >= 0.6 is 0 Å². The monoisotopic (exact) mass is 270 g/mol. The first kappa shape index (κ1) is 13.2. The highest BCUT2D eigenvalue weighted by atomic mass is 16.1. The van der Waals surface area contributed by atoms with Gasteiger partial charge in [-0.1, -0.05) is 32.0 Å². The van der Waals surface area contributed by atoms with Crippen LogP contribution in [0.1, 0.15) is 32.3 Å². The third kappa shape index (κ3) is 2.11. The fourth-order valence-electron chi connectivity index (χ4n) is 2.92. The lowest BCUT2D eigenvalue weighted by Gasteiger charge is -2.16. The molecule has 0 unspecified atom stereocenters. The quantitative estimate of drug-likeness (QED) is 0.910. The van der Waals surface area contributed by atoms with Gasteiger partial charge in [0.05, 0.1) is 0 Å². The summed E-state index contributed by atoms with van der Waals surface area (Å²) in [7, 11) is 2.09. The zero-order valence-electron chi connectivity index (χ0n) is 12.4. The minimum atomic E-state index is 0.0540. The molecule has 0 spiro atoms. The average Bonchev–Trinajstić information content (AvgIpc) is 3.15. The summed E-state index contributed by atoms with van der Waals surface area (Å²) in [5.74, 6) is 0.204. The number of hydrogen-bond acceptors (Lipinski definition) is 1. The molecule has 106 valence electrons. The molecular weight excluding hydrogens is 248 g/mol. The molecule has 0 radical (unpaired) electrons. The number of carbonyl (C=O) groups is 1. The van der Waals surface area contributed by atoms with Gasteiger partial charge in [-0.15, -0.1) is 0 Å². The highest BCUT2D eigenvalue weighted by molar-refractivity contribution is 5.86. The van der Waals surface area contributed by atoms with E-state index in [1.54, 1.807) is 0 Å². The summed E-state index contributed by atoms with van der Waals surface area (Å²) < 4.78 is 2.19. The van der Waals surface area contributed by atoms with E-state index in [1.807, 2.05) is 13.8 Å². The van der Waals surface area contributed by atoms with Crippen LogP contribution in [0.3, 0.4) is 0 Å². The van der Waals surface area contributed by atoms with E-state index in [0.29, 0.717) is 0 Å². The first-order chi connectivity index (χ1) is 9.53. The van der Waals surface area contributed by atoms with Gasteiger partial charge in [0.15, 0.2) is 0 Å². The van der Waals surface area contributed by atoms with Crippen LogP contribution in [-0.4, -0.2) is 17.0 Å². The van der Waals surface area contributed by atoms with E-state index < -0.39 is 0 Å². The molecule has 2 aromatic rings. The van der Waals surface area contributed by atoms with Crippen molar-refractivity contribution in [1.82, 2.24) is 9.88 Å². The lowest BCUT2D eigenvalue weighted by atomic mass is 9.95. The van der Waals surface area contributed by atoms with E-state index in [-0.39, 0.29) is 17.2 Å². The first-order valence-electron chi connectivity index (χ1n) is 7.36. The molecule has 0 bridgehead atoms. The summed E-state index contributed by atoms with van der Waals surface area (Å²) in [5.41, 5.74) is 2.81. The van der Waals surface area contributed by atoms with Gasteiger partial charge >= 0.3 is 0 Å². The molecule has 1 aromatic carbocycles. The van der Waals surface area contributed by atoms with Crippen molar-refractivity contribution in [3.63, 3.8) is 0 Å². The Balaban J connectivity index is 1.89. The van der Waals surface area contributed by atoms with Crippen molar-refractivity contribution in [1.29, 1.82) is 0 Å². The Morgan fingerprint density at radius 1 is 1.35 bits per heavy atom. The fraction of sp³-hybridized carbons (Fsp3) is 0.471. The molecule has 1 saturated carbocycles. The number of rotatable bonds is 4. The Hall–Kier alpha value is -1.77. The van der Waals surface area contributed by atoms with Crippen LogP contribution in [0.15, 0.2) is 30.5 Å². The number of benzene rings is 1. The van der Waals surface area contributed by atoms with Crippen LogP contribution in [0.25, 0.3) is 10.9 Å². The Morgan fingerprint density at radius 2 is 2.05 bits per heavy atom. The number of nitrogens with zero attached hydrogens (tertiary/aromatic N) is 1.